The zero-order valence-corrected chi connectivity index (χ0v) is 16.8. The third kappa shape index (κ3) is 2.93. The Bertz CT molecular complexity index is 1220. The third-order valence-corrected chi connectivity index (χ3v) is 7.08. The molecule has 6 nitrogen and oxygen atoms in total. The van der Waals surface area contributed by atoms with Crippen molar-refractivity contribution in [3.05, 3.63) is 65.0 Å². The van der Waals surface area contributed by atoms with Gasteiger partial charge in [-0.1, -0.05) is 66.0 Å². The van der Waals surface area contributed by atoms with Gasteiger partial charge in [0.15, 0.2) is 16.1 Å². The maximum Gasteiger partial charge on any atom is 0.261 e. The van der Waals surface area contributed by atoms with Gasteiger partial charge in [-0.3, -0.25) is 13.9 Å². The van der Waals surface area contributed by atoms with Crippen molar-refractivity contribution < 1.29 is 0 Å². The van der Waals surface area contributed by atoms with Crippen LogP contribution < -0.4 is 5.56 Å². The van der Waals surface area contributed by atoms with E-state index in [-0.39, 0.29) is 11.6 Å². The third-order valence-electron chi connectivity index (χ3n) is 4.81. The number of fused-ring (bicyclic) bond motifs is 2. The van der Waals surface area contributed by atoms with E-state index in [1.54, 1.807) is 35.1 Å². The first-order chi connectivity index (χ1) is 13.7. The second-order valence-corrected chi connectivity index (χ2v) is 8.57. The van der Waals surface area contributed by atoms with E-state index in [1.165, 1.54) is 0 Å². The minimum absolute atomic E-state index is 0.0103. The number of hydrogen-bond acceptors (Lipinski definition) is 6. The van der Waals surface area contributed by atoms with Gasteiger partial charge >= 0.3 is 0 Å². The molecule has 0 fully saturated rings. The number of benzene rings is 2. The van der Waals surface area contributed by atoms with E-state index in [1.807, 2.05) is 42.5 Å². The Kier molecular flexibility index (Phi) is 4.44. The molecule has 3 heterocycles. The number of nitrogens with zero attached hydrogens (tertiary/aromatic N) is 5. The lowest BCUT2D eigenvalue weighted by Crippen LogP contribution is -2.20. The molecule has 0 bridgehead atoms. The largest absolute Gasteiger partial charge is 0.297 e. The summed E-state index contributed by atoms with van der Waals surface area (Å²) in [5.74, 6) is 2.64. The number of hydrogen-bond donors (Lipinski definition) is 0. The van der Waals surface area contributed by atoms with Crippen molar-refractivity contribution in [2.24, 2.45) is 7.05 Å². The summed E-state index contributed by atoms with van der Waals surface area (Å²) in [7, 11) is 1.78. The normalized spacial score (nSPS) is 15.8. The molecule has 8 heteroatoms. The molecule has 28 heavy (non-hydrogen) atoms. The van der Waals surface area contributed by atoms with Crippen molar-refractivity contribution in [1.29, 1.82) is 0 Å². The molecule has 5 rings (SSSR count). The lowest BCUT2D eigenvalue weighted by Gasteiger charge is -2.15. The predicted octanol–water partition coefficient (Wildman–Crippen LogP) is 3.63. The first kappa shape index (κ1) is 17.5. The van der Waals surface area contributed by atoms with Gasteiger partial charge in [-0.05, 0) is 12.1 Å². The van der Waals surface area contributed by atoms with Gasteiger partial charge in [0.05, 0.1) is 16.9 Å². The van der Waals surface area contributed by atoms with Gasteiger partial charge in [0.1, 0.15) is 0 Å². The molecule has 1 atom stereocenters. The van der Waals surface area contributed by atoms with Crippen molar-refractivity contribution in [3.63, 3.8) is 0 Å². The molecule has 1 unspecified atom stereocenters. The van der Waals surface area contributed by atoms with Gasteiger partial charge in [-0.25, -0.2) is 4.98 Å². The summed E-state index contributed by atoms with van der Waals surface area (Å²) in [4.78, 5) is 17.3. The minimum Gasteiger partial charge on any atom is -0.297 e. The zero-order chi connectivity index (χ0) is 19.1. The maximum atomic E-state index is 12.6. The van der Waals surface area contributed by atoms with Gasteiger partial charge < -0.3 is 0 Å². The quantitative estimate of drug-likeness (QED) is 0.380. The molecule has 4 aromatic rings. The molecular weight excluding hydrogens is 390 g/mol. The lowest BCUT2D eigenvalue weighted by atomic mass is 10.2. The highest BCUT2D eigenvalue weighted by Gasteiger charge is 2.29. The van der Waals surface area contributed by atoms with E-state index < -0.39 is 0 Å². The van der Waals surface area contributed by atoms with E-state index >= 15 is 0 Å². The molecule has 1 aliphatic rings. The second-order valence-electron chi connectivity index (χ2n) is 6.59. The van der Waals surface area contributed by atoms with Crippen LogP contribution in [0.15, 0.2) is 69.7 Å². The van der Waals surface area contributed by atoms with Gasteiger partial charge in [-0.2, -0.15) is 0 Å². The van der Waals surface area contributed by atoms with E-state index in [0.717, 1.165) is 38.7 Å². The van der Waals surface area contributed by atoms with Crippen molar-refractivity contribution in [1.82, 2.24) is 24.3 Å². The molecule has 1 aliphatic heterocycles. The van der Waals surface area contributed by atoms with Crippen LogP contribution in [0, 0.1) is 0 Å². The fourth-order valence-corrected chi connectivity index (χ4v) is 5.63. The summed E-state index contributed by atoms with van der Waals surface area (Å²) in [5, 5.41) is 11.1. The molecule has 0 N–H and O–H groups in total. The fraction of sp³-hybridized carbons (Fsp3) is 0.200. The van der Waals surface area contributed by atoms with Crippen LogP contribution in [0.2, 0.25) is 0 Å². The highest BCUT2D eigenvalue weighted by molar-refractivity contribution is 8.00. The van der Waals surface area contributed by atoms with Crippen molar-refractivity contribution in [2.45, 2.75) is 16.4 Å². The maximum absolute atomic E-state index is 12.6. The molecular formula is C20H17N5OS2. The SMILES string of the molecule is Cn1c(SCC2CSc3nnc(-c4ccccc4)n32)nc2ccccc2c1=O. The monoisotopic (exact) mass is 407 g/mol. The van der Waals surface area contributed by atoms with Gasteiger partial charge in [0.2, 0.25) is 0 Å². The van der Waals surface area contributed by atoms with Gasteiger partial charge in [0, 0.05) is 24.1 Å². The minimum atomic E-state index is -0.0103. The Labute approximate surface area is 170 Å². The van der Waals surface area contributed by atoms with E-state index in [9.17, 15) is 4.79 Å². The molecule has 0 amide bonds. The molecule has 2 aromatic carbocycles. The molecule has 0 saturated carbocycles. The van der Waals surface area contributed by atoms with Crippen molar-refractivity contribution >= 4 is 34.4 Å². The standard InChI is InChI=1S/C20H17N5OS2/c1-24-18(26)15-9-5-6-10-16(15)21-19(24)27-11-14-12-28-20-23-22-17(25(14)20)13-7-3-2-4-8-13/h2-10,14H,11-12H2,1H3. The summed E-state index contributed by atoms with van der Waals surface area (Å²) in [6.45, 7) is 0. The average Bonchev–Trinajstić information content (AvgIpc) is 3.33. The topological polar surface area (TPSA) is 65.6 Å². The Balaban J connectivity index is 1.45. The van der Waals surface area contributed by atoms with E-state index in [2.05, 4.69) is 26.9 Å². The average molecular weight is 408 g/mol. The van der Waals surface area contributed by atoms with Crippen LogP contribution in [0.5, 0.6) is 0 Å². The predicted molar refractivity (Wildman–Crippen MR) is 113 cm³/mol. The fourth-order valence-electron chi connectivity index (χ4n) is 3.35. The highest BCUT2D eigenvalue weighted by atomic mass is 32.2. The van der Waals surface area contributed by atoms with E-state index in [4.69, 9.17) is 4.98 Å². The number of thioether (sulfide) groups is 2. The first-order valence-electron chi connectivity index (χ1n) is 8.94. The highest BCUT2D eigenvalue weighted by Crippen LogP contribution is 2.38. The molecule has 0 aliphatic carbocycles. The Morgan fingerprint density at radius 2 is 1.89 bits per heavy atom. The van der Waals surface area contributed by atoms with Crippen molar-refractivity contribution in [3.8, 4) is 11.4 Å². The van der Waals surface area contributed by atoms with Gasteiger partial charge in [0.25, 0.3) is 5.56 Å². The van der Waals surface area contributed by atoms with E-state index in [0.29, 0.717) is 5.39 Å². The summed E-state index contributed by atoms with van der Waals surface area (Å²) in [6.07, 6.45) is 0. The van der Waals surface area contributed by atoms with Crippen LogP contribution in [-0.4, -0.2) is 35.8 Å². The summed E-state index contributed by atoms with van der Waals surface area (Å²) in [5.41, 5.74) is 1.79. The van der Waals surface area contributed by atoms with Crippen LogP contribution in [0.1, 0.15) is 6.04 Å². The van der Waals surface area contributed by atoms with Crippen LogP contribution in [0.25, 0.3) is 22.3 Å². The van der Waals surface area contributed by atoms with Crippen LogP contribution in [0.4, 0.5) is 0 Å². The second kappa shape index (κ2) is 7.10. The van der Waals surface area contributed by atoms with Gasteiger partial charge in [-0.15, -0.1) is 10.2 Å². The lowest BCUT2D eigenvalue weighted by molar-refractivity contribution is 0.595. The zero-order valence-electron chi connectivity index (χ0n) is 15.1. The summed E-state index contributed by atoms with van der Waals surface area (Å²) >= 11 is 3.33. The number of para-hydroxylation sites is 1. The Morgan fingerprint density at radius 1 is 1.11 bits per heavy atom. The van der Waals surface area contributed by atoms with Crippen molar-refractivity contribution in [2.75, 3.05) is 11.5 Å². The molecule has 140 valence electrons. The smallest absolute Gasteiger partial charge is 0.261 e. The Hall–Kier alpha value is -2.58. The summed E-state index contributed by atoms with van der Waals surface area (Å²) in [6, 6.07) is 17.9. The van der Waals surface area contributed by atoms with Crippen LogP contribution >= 0.6 is 23.5 Å². The van der Waals surface area contributed by atoms with Crippen LogP contribution in [0.3, 0.4) is 0 Å². The number of aromatic nitrogens is 5. The molecule has 0 radical (unpaired) electrons. The molecule has 0 spiro atoms. The summed E-state index contributed by atoms with van der Waals surface area (Å²) < 4.78 is 3.85. The molecule has 2 aromatic heterocycles. The molecule has 0 saturated heterocycles. The number of rotatable bonds is 4. The van der Waals surface area contributed by atoms with Crippen LogP contribution in [-0.2, 0) is 7.05 Å². The Morgan fingerprint density at radius 3 is 2.75 bits per heavy atom. The first-order valence-corrected chi connectivity index (χ1v) is 10.9.